The molecule has 162 valence electrons. The van der Waals surface area contributed by atoms with Crippen LogP contribution >= 0.6 is 0 Å². The third kappa shape index (κ3) is 4.96. The van der Waals surface area contributed by atoms with Gasteiger partial charge in [0.05, 0.1) is 11.4 Å². The number of nitrogens with one attached hydrogen (secondary N) is 2. The monoisotopic (exact) mass is 428 g/mol. The second-order valence-electron chi connectivity index (χ2n) is 7.41. The van der Waals surface area contributed by atoms with Crippen molar-refractivity contribution < 1.29 is 14.8 Å². The summed E-state index contributed by atoms with van der Waals surface area (Å²) in [4.78, 5) is 28.1. The van der Waals surface area contributed by atoms with Gasteiger partial charge in [0.15, 0.2) is 0 Å². The molecule has 0 saturated heterocycles. The van der Waals surface area contributed by atoms with Crippen LogP contribution < -0.4 is 20.6 Å². The Morgan fingerprint density at radius 3 is 2.28 bits per heavy atom. The predicted octanol–water partition coefficient (Wildman–Crippen LogP) is 4.26. The van der Waals surface area contributed by atoms with Crippen molar-refractivity contribution >= 4 is 35.1 Å². The normalized spacial score (nSPS) is 13.0. The average molecular weight is 428 g/mol. The summed E-state index contributed by atoms with van der Waals surface area (Å²) in [5, 5.41) is 11.5. The molecule has 4 rings (SSSR count). The molecule has 1 aliphatic heterocycles. The number of hydrogen-bond donors (Lipinski definition) is 3. The topological polar surface area (TPSA) is 84.9 Å². The number of amides is 3. The van der Waals surface area contributed by atoms with Gasteiger partial charge in [-0.2, -0.15) is 0 Å². The SMILES string of the molecule is O=C(C=Cc1ccc(CN2CCN(C(=O)Nc3ccccc3)c3ccccc32)cc1)NO. The van der Waals surface area contributed by atoms with Gasteiger partial charge < -0.3 is 10.2 Å². The smallest absolute Gasteiger partial charge is 0.326 e. The highest BCUT2D eigenvalue weighted by Crippen LogP contribution is 2.34. The van der Waals surface area contributed by atoms with Gasteiger partial charge >= 0.3 is 6.03 Å². The molecule has 0 fully saturated rings. The summed E-state index contributed by atoms with van der Waals surface area (Å²) in [5.74, 6) is -0.570. The summed E-state index contributed by atoms with van der Waals surface area (Å²) in [6.07, 6.45) is 2.90. The van der Waals surface area contributed by atoms with E-state index in [1.54, 1.807) is 16.5 Å². The van der Waals surface area contributed by atoms with Crippen molar-refractivity contribution in [2.45, 2.75) is 6.54 Å². The molecule has 0 aliphatic carbocycles. The molecule has 0 atom stereocenters. The van der Waals surface area contributed by atoms with Crippen molar-refractivity contribution in [3.8, 4) is 0 Å². The number of urea groups is 1. The van der Waals surface area contributed by atoms with E-state index in [4.69, 9.17) is 5.21 Å². The minimum absolute atomic E-state index is 0.147. The Hall–Kier alpha value is -4.10. The second kappa shape index (κ2) is 9.80. The summed E-state index contributed by atoms with van der Waals surface area (Å²) in [6.45, 7) is 1.98. The molecule has 32 heavy (non-hydrogen) atoms. The van der Waals surface area contributed by atoms with Crippen LogP contribution in [-0.4, -0.2) is 30.2 Å². The maximum Gasteiger partial charge on any atom is 0.326 e. The van der Waals surface area contributed by atoms with E-state index in [-0.39, 0.29) is 6.03 Å². The fourth-order valence-electron chi connectivity index (χ4n) is 3.67. The lowest BCUT2D eigenvalue weighted by molar-refractivity contribution is -0.124. The predicted molar refractivity (Wildman–Crippen MR) is 126 cm³/mol. The molecular formula is C25H24N4O3. The van der Waals surface area contributed by atoms with Crippen molar-refractivity contribution in [1.29, 1.82) is 0 Å². The van der Waals surface area contributed by atoms with E-state index >= 15 is 0 Å². The second-order valence-corrected chi connectivity index (χ2v) is 7.41. The molecule has 0 spiro atoms. The van der Waals surface area contributed by atoms with Crippen LogP contribution in [0.1, 0.15) is 11.1 Å². The number of anilines is 3. The van der Waals surface area contributed by atoms with Crippen molar-refractivity contribution in [3.63, 3.8) is 0 Å². The molecule has 1 aliphatic rings. The summed E-state index contributed by atoms with van der Waals surface area (Å²) in [5.41, 5.74) is 6.20. The fourth-order valence-corrected chi connectivity index (χ4v) is 3.67. The van der Waals surface area contributed by atoms with Gasteiger partial charge in [0.25, 0.3) is 5.91 Å². The number of fused-ring (bicyclic) bond motifs is 1. The Morgan fingerprint density at radius 1 is 0.875 bits per heavy atom. The molecule has 7 nitrogen and oxygen atoms in total. The van der Waals surface area contributed by atoms with Gasteiger partial charge in [-0.3, -0.25) is 14.9 Å². The fraction of sp³-hybridized carbons (Fsp3) is 0.120. The van der Waals surface area contributed by atoms with Crippen LogP contribution in [0.2, 0.25) is 0 Å². The summed E-state index contributed by atoms with van der Waals surface area (Å²) in [7, 11) is 0. The number of carbonyl (C=O) groups is 2. The van der Waals surface area contributed by atoms with Crippen molar-refractivity contribution in [2.75, 3.05) is 28.2 Å². The van der Waals surface area contributed by atoms with Gasteiger partial charge in [-0.25, -0.2) is 10.3 Å². The van der Waals surface area contributed by atoms with Gasteiger partial charge in [0.2, 0.25) is 0 Å². The zero-order valence-corrected chi connectivity index (χ0v) is 17.4. The van der Waals surface area contributed by atoms with Crippen LogP contribution in [0.4, 0.5) is 21.9 Å². The Kier molecular flexibility index (Phi) is 6.48. The van der Waals surface area contributed by atoms with E-state index in [1.807, 2.05) is 78.9 Å². The molecule has 0 aromatic heterocycles. The highest BCUT2D eigenvalue weighted by molar-refractivity contribution is 6.04. The van der Waals surface area contributed by atoms with Crippen LogP contribution in [0.15, 0.2) is 84.9 Å². The number of carbonyl (C=O) groups excluding carboxylic acids is 2. The largest absolute Gasteiger partial charge is 0.364 e. The van der Waals surface area contributed by atoms with E-state index in [9.17, 15) is 9.59 Å². The molecule has 3 aromatic rings. The third-order valence-electron chi connectivity index (χ3n) is 5.27. The van der Waals surface area contributed by atoms with E-state index in [1.165, 1.54) is 6.08 Å². The van der Waals surface area contributed by atoms with Crippen molar-refractivity contribution in [1.82, 2.24) is 5.48 Å². The lowest BCUT2D eigenvalue weighted by Gasteiger charge is -2.37. The number of benzene rings is 3. The maximum absolute atomic E-state index is 12.9. The highest BCUT2D eigenvalue weighted by atomic mass is 16.5. The molecule has 0 bridgehead atoms. The first-order valence-electron chi connectivity index (χ1n) is 10.3. The zero-order chi connectivity index (χ0) is 22.3. The lowest BCUT2D eigenvalue weighted by atomic mass is 10.1. The number of rotatable bonds is 5. The molecule has 0 radical (unpaired) electrons. The molecule has 0 saturated carbocycles. The van der Waals surface area contributed by atoms with Crippen LogP contribution in [0.5, 0.6) is 0 Å². The van der Waals surface area contributed by atoms with Crippen molar-refractivity contribution in [3.05, 3.63) is 96.1 Å². The Balaban J connectivity index is 1.47. The van der Waals surface area contributed by atoms with E-state index in [0.717, 1.165) is 28.2 Å². The minimum atomic E-state index is -0.570. The molecule has 7 heteroatoms. The highest BCUT2D eigenvalue weighted by Gasteiger charge is 2.26. The minimum Gasteiger partial charge on any atom is -0.364 e. The first-order chi connectivity index (χ1) is 15.6. The van der Waals surface area contributed by atoms with E-state index < -0.39 is 5.91 Å². The lowest BCUT2D eigenvalue weighted by Crippen LogP contribution is -2.45. The van der Waals surface area contributed by atoms with Crippen molar-refractivity contribution in [2.24, 2.45) is 0 Å². The van der Waals surface area contributed by atoms with E-state index in [2.05, 4.69) is 10.2 Å². The quantitative estimate of drug-likeness (QED) is 0.322. The Morgan fingerprint density at radius 2 is 1.56 bits per heavy atom. The summed E-state index contributed by atoms with van der Waals surface area (Å²) < 4.78 is 0. The molecule has 3 N–H and O–H groups in total. The molecule has 3 aromatic carbocycles. The number of para-hydroxylation sites is 3. The Bertz CT molecular complexity index is 1110. The van der Waals surface area contributed by atoms with E-state index in [0.29, 0.717) is 19.6 Å². The molecule has 3 amide bonds. The number of nitrogens with zero attached hydrogens (tertiary/aromatic N) is 2. The van der Waals surface area contributed by atoms with Crippen LogP contribution in [0, 0.1) is 0 Å². The summed E-state index contributed by atoms with van der Waals surface area (Å²) in [6, 6.07) is 25.1. The maximum atomic E-state index is 12.9. The van der Waals surface area contributed by atoms with Crippen LogP contribution in [0.25, 0.3) is 6.08 Å². The zero-order valence-electron chi connectivity index (χ0n) is 17.4. The first-order valence-corrected chi connectivity index (χ1v) is 10.3. The first kappa shape index (κ1) is 21.1. The van der Waals surface area contributed by atoms with Gasteiger partial charge in [-0.1, -0.05) is 54.6 Å². The Labute approximate surface area is 186 Å². The van der Waals surface area contributed by atoms with Crippen LogP contribution in [-0.2, 0) is 11.3 Å². The average Bonchev–Trinajstić information content (AvgIpc) is 2.84. The standard InChI is InChI=1S/C25H24N4O3/c30-24(27-32)15-14-19-10-12-20(13-11-19)18-28-16-17-29(23-9-5-4-8-22(23)28)25(31)26-21-6-2-1-3-7-21/h1-15,32H,16-18H2,(H,26,31)(H,27,30). The summed E-state index contributed by atoms with van der Waals surface area (Å²) >= 11 is 0. The van der Waals surface area contributed by atoms with Gasteiger partial charge in [0, 0.05) is 31.4 Å². The van der Waals surface area contributed by atoms with Gasteiger partial charge in [0.1, 0.15) is 0 Å². The molecule has 1 heterocycles. The van der Waals surface area contributed by atoms with Gasteiger partial charge in [-0.05, 0) is 41.5 Å². The third-order valence-corrected chi connectivity index (χ3v) is 5.27. The number of hydroxylamine groups is 1. The molecular weight excluding hydrogens is 404 g/mol. The van der Waals surface area contributed by atoms with Crippen LogP contribution in [0.3, 0.4) is 0 Å². The number of hydrogen-bond acceptors (Lipinski definition) is 4. The van der Waals surface area contributed by atoms with Gasteiger partial charge in [-0.15, -0.1) is 0 Å². The molecule has 0 unspecified atom stereocenters.